The molecular formula is C64H92Cl2Si3Zr-2. The fraction of sp³-hybridized carbons (Fsp3) is 0.531. The summed E-state index contributed by atoms with van der Waals surface area (Å²) < 4.78 is 0. The molecule has 6 aromatic carbocycles. The monoisotopic (exact) mass is 1100 g/mol. The van der Waals surface area contributed by atoms with E-state index in [1.165, 1.54) is 185 Å². The third-order valence-corrected chi connectivity index (χ3v) is 19.9. The van der Waals surface area contributed by atoms with Crippen molar-refractivity contribution in [1.82, 2.24) is 0 Å². The Kier molecular flexibility index (Phi) is 25.0. The molecule has 0 nitrogen and oxygen atoms in total. The molecule has 0 radical (unpaired) electrons. The van der Waals surface area contributed by atoms with Crippen LogP contribution < -0.4 is 35.2 Å². The molecular weight excluding hydrogens is 1020 g/mol. The standard InChI is InChI=1S/2C31H43Si.C2H6Si.2ClH.Zr/c2*1-5-19-31(20-10-8-6-7-9-11-21-31)24-25-22-27-13-12-14-29(30(27)23-25)26-15-17-28(18-16-26)32(2,3)4;1-3-2;;;/h2*12-18,22-23H,5-11,19-21,24H2,1-4H3;1-2H3;2*1H;/q2*-1;;;;+2/p-2. The summed E-state index contributed by atoms with van der Waals surface area (Å²) in [4.78, 5) is 0. The molecule has 380 valence electrons. The Balaban J connectivity index is 0.000000276. The summed E-state index contributed by atoms with van der Waals surface area (Å²) in [5.74, 6) is 0. The van der Waals surface area contributed by atoms with E-state index in [0.717, 1.165) is 0 Å². The van der Waals surface area contributed by atoms with Crippen molar-refractivity contribution in [1.29, 1.82) is 0 Å². The van der Waals surface area contributed by atoms with Gasteiger partial charge in [0.2, 0.25) is 0 Å². The zero-order valence-corrected chi connectivity index (χ0v) is 52.7. The van der Waals surface area contributed by atoms with Gasteiger partial charge < -0.3 is 24.8 Å². The Hall–Kier alpha value is -1.79. The van der Waals surface area contributed by atoms with E-state index < -0.39 is 16.1 Å². The van der Waals surface area contributed by atoms with Crippen LogP contribution >= 0.6 is 0 Å². The van der Waals surface area contributed by atoms with Gasteiger partial charge in [-0.2, -0.15) is 12.1 Å². The van der Waals surface area contributed by atoms with E-state index in [0.29, 0.717) is 10.8 Å². The molecule has 70 heavy (non-hydrogen) atoms. The van der Waals surface area contributed by atoms with Crippen LogP contribution in [0.5, 0.6) is 0 Å². The van der Waals surface area contributed by atoms with Gasteiger partial charge in [-0.15, -0.1) is 69.1 Å². The SMILES string of the molecule is CCCC1(Cc2cc3c(-c4ccc([Si](C)(C)C)cc4)cccc3[cH-]2)CCCCCCCC1.CCCC1(Cc2cc3c(-c4ccc([Si](C)(C)C)cc4)cccc3[cH-]2)CCCCCCCC1.C[Si](C)=[Zr+2].[Cl-].[Cl-]. The van der Waals surface area contributed by atoms with Crippen LogP contribution in [0.25, 0.3) is 43.8 Å². The number of benzene rings is 4. The van der Waals surface area contributed by atoms with Crippen LogP contribution in [0, 0.1) is 10.8 Å². The van der Waals surface area contributed by atoms with Gasteiger partial charge in [0.25, 0.3) is 0 Å². The molecule has 2 fully saturated rings. The van der Waals surface area contributed by atoms with Crippen molar-refractivity contribution in [2.75, 3.05) is 0 Å². The van der Waals surface area contributed by atoms with Crippen LogP contribution in [0.1, 0.15) is 153 Å². The van der Waals surface area contributed by atoms with E-state index in [-0.39, 0.29) is 30.2 Å². The molecule has 0 unspecified atom stereocenters. The molecule has 0 saturated heterocycles. The topological polar surface area (TPSA) is 0 Å². The van der Waals surface area contributed by atoms with E-state index in [9.17, 15) is 0 Å². The van der Waals surface area contributed by atoms with Crippen LogP contribution in [-0.2, 0) is 36.2 Å². The fourth-order valence-electron chi connectivity index (χ4n) is 12.2. The summed E-state index contributed by atoms with van der Waals surface area (Å²) in [5.41, 5.74) is 9.90. The molecule has 0 heterocycles. The van der Waals surface area contributed by atoms with Gasteiger partial charge in [0.15, 0.2) is 0 Å². The predicted octanol–water partition coefficient (Wildman–Crippen LogP) is 13.3. The van der Waals surface area contributed by atoms with Gasteiger partial charge in [-0.3, -0.25) is 0 Å². The molecule has 0 aliphatic heterocycles. The Bertz CT molecular complexity index is 2270. The van der Waals surface area contributed by atoms with Gasteiger partial charge in [0, 0.05) is 0 Å². The van der Waals surface area contributed by atoms with Crippen LogP contribution in [0.4, 0.5) is 0 Å². The third kappa shape index (κ3) is 17.7. The second-order valence-corrected chi connectivity index (χ2v) is 43.6. The quantitative estimate of drug-likeness (QED) is 0.0846. The molecule has 6 aromatic rings. The molecule has 2 aliphatic carbocycles. The van der Waals surface area contributed by atoms with Crippen molar-refractivity contribution in [3.8, 4) is 22.3 Å². The summed E-state index contributed by atoms with van der Waals surface area (Å²) in [6, 6.07) is 42.7. The zero-order valence-electron chi connectivity index (χ0n) is 45.7. The summed E-state index contributed by atoms with van der Waals surface area (Å²) >= 11 is 1.74. The normalized spacial score (nSPS) is 16.5. The molecule has 2 aliphatic rings. The Morgan fingerprint density at radius 1 is 0.471 bits per heavy atom. The van der Waals surface area contributed by atoms with Crippen LogP contribution in [0.2, 0.25) is 52.4 Å². The van der Waals surface area contributed by atoms with Gasteiger partial charge >= 0.3 is 41.9 Å². The van der Waals surface area contributed by atoms with Gasteiger partial charge in [-0.05, 0) is 73.3 Å². The summed E-state index contributed by atoms with van der Waals surface area (Å²) in [6.07, 6.45) is 30.9. The third-order valence-electron chi connectivity index (χ3n) is 15.8. The molecule has 2 saturated carbocycles. The average molecular weight is 1110 g/mol. The largest absolute Gasteiger partial charge is 1.00 e. The number of fused-ring (bicyclic) bond motifs is 2. The Morgan fingerprint density at radius 2 is 0.771 bits per heavy atom. The maximum atomic E-state index is 2.53. The summed E-state index contributed by atoms with van der Waals surface area (Å²) in [5, 5.41) is 8.80. The van der Waals surface area contributed by atoms with Gasteiger partial charge in [0.05, 0.1) is 16.1 Å². The number of halogens is 2. The molecule has 0 spiro atoms. The van der Waals surface area contributed by atoms with Gasteiger partial charge in [-0.25, -0.2) is 0 Å². The van der Waals surface area contributed by atoms with Crippen LogP contribution in [0.15, 0.2) is 109 Å². The number of hydrogen-bond acceptors (Lipinski definition) is 0. The number of hydrogen-bond donors (Lipinski definition) is 0. The second kappa shape index (κ2) is 28.8. The minimum absolute atomic E-state index is 0. The molecule has 8 rings (SSSR count). The smallest absolute Gasteiger partial charge is 1.00 e. The molecule has 0 amide bonds. The molecule has 0 bridgehead atoms. The maximum absolute atomic E-state index is 2.53. The second-order valence-electron chi connectivity index (χ2n) is 24.1. The molecule has 0 N–H and O–H groups in total. The van der Waals surface area contributed by atoms with Crippen molar-refractivity contribution < 1.29 is 48.1 Å². The van der Waals surface area contributed by atoms with Crippen LogP contribution in [-0.4, -0.2) is 21.6 Å². The van der Waals surface area contributed by atoms with E-state index in [4.69, 9.17) is 0 Å². The van der Waals surface area contributed by atoms with E-state index in [1.807, 2.05) is 0 Å². The van der Waals surface area contributed by atoms with Crippen molar-refractivity contribution in [3.05, 3.63) is 120 Å². The molecule has 6 heteroatoms. The van der Waals surface area contributed by atoms with E-state index in [1.54, 1.807) is 44.8 Å². The van der Waals surface area contributed by atoms with Gasteiger partial charge in [-0.1, -0.05) is 225 Å². The molecule has 0 aromatic heterocycles. The van der Waals surface area contributed by atoms with Crippen LogP contribution in [0.3, 0.4) is 0 Å². The summed E-state index contributed by atoms with van der Waals surface area (Å²) in [7, 11) is -2.52. The average Bonchev–Trinajstić information content (AvgIpc) is 3.95. The van der Waals surface area contributed by atoms with Gasteiger partial charge in [0.1, 0.15) is 0 Å². The van der Waals surface area contributed by atoms with E-state index >= 15 is 0 Å². The summed E-state index contributed by atoms with van der Waals surface area (Å²) in [6.45, 7) is 23.9. The van der Waals surface area contributed by atoms with Crippen molar-refractivity contribution in [2.45, 2.75) is 207 Å². The maximum Gasteiger partial charge on any atom is -1.00 e. The fourth-order valence-corrected chi connectivity index (χ4v) is 14.6. The van der Waals surface area contributed by atoms with Crippen molar-refractivity contribution in [3.63, 3.8) is 0 Å². The number of rotatable bonds is 12. The Labute approximate surface area is 458 Å². The van der Waals surface area contributed by atoms with E-state index in [2.05, 4.69) is 175 Å². The first-order valence-corrected chi connectivity index (χ1v) is 40.8. The van der Waals surface area contributed by atoms with Crippen molar-refractivity contribution in [2.24, 2.45) is 10.8 Å². The minimum Gasteiger partial charge on any atom is -1.00 e. The Morgan fingerprint density at radius 3 is 1.06 bits per heavy atom. The van der Waals surface area contributed by atoms with Crippen molar-refractivity contribution >= 4 is 53.5 Å². The first-order chi connectivity index (χ1) is 32.5. The molecule has 0 atom stereocenters. The first kappa shape index (κ1) is 60.8. The predicted molar refractivity (Wildman–Crippen MR) is 309 cm³/mol. The minimum atomic E-state index is -1.26. The first-order valence-electron chi connectivity index (χ1n) is 27.6. The zero-order chi connectivity index (χ0) is 48.8.